The topological polar surface area (TPSA) is 121 Å². The molecule has 24 heavy (non-hydrogen) atoms. The maximum absolute atomic E-state index is 12.0. The Labute approximate surface area is 140 Å². The molecule has 0 fully saturated rings. The standard InChI is InChI=1S/C14H11N3O5S2/c1-8-16-12(14(18)19)13(23-8)17(24(20,21)22)10-6-2-4-9-5-3-7-15-11(9)10/h2-7H,1H3,(H,18,19)(H,20,21,22). The molecule has 10 heteroatoms. The van der Waals surface area contributed by atoms with Crippen molar-refractivity contribution in [3.8, 4) is 0 Å². The average molecular weight is 365 g/mol. The van der Waals surface area contributed by atoms with Gasteiger partial charge in [0.2, 0.25) is 0 Å². The average Bonchev–Trinajstić information content (AvgIpc) is 2.88. The Morgan fingerprint density at radius 2 is 1.96 bits per heavy atom. The Hall–Kier alpha value is -2.56. The minimum absolute atomic E-state index is 0.0433. The van der Waals surface area contributed by atoms with Crippen molar-refractivity contribution in [2.24, 2.45) is 0 Å². The van der Waals surface area contributed by atoms with E-state index in [2.05, 4.69) is 9.97 Å². The zero-order valence-electron chi connectivity index (χ0n) is 12.2. The first-order chi connectivity index (χ1) is 11.3. The molecule has 0 saturated heterocycles. The summed E-state index contributed by atoms with van der Waals surface area (Å²) in [7, 11) is -4.80. The molecule has 1 aromatic carbocycles. The fourth-order valence-corrected chi connectivity index (χ4v) is 4.20. The fraction of sp³-hybridized carbons (Fsp3) is 0.0714. The van der Waals surface area contributed by atoms with E-state index in [0.29, 0.717) is 20.2 Å². The second kappa shape index (κ2) is 5.82. The van der Waals surface area contributed by atoms with Crippen molar-refractivity contribution in [2.45, 2.75) is 6.92 Å². The molecule has 0 atom stereocenters. The number of fused-ring (bicyclic) bond motifs is 1. The Kier molecular flexibility index (Phi) is 3.95. The number of rotatable bonds is 4. The number of aryl methyl sites for hydroxylation is 1. The number of para-hydroxylation sites is 1. The van der Waals surface area contributed by atoms with E-state index in [-0.39, 0.29) is 10.7 Å². The first-order valence-corrected chi connectivity index (χ1v) is 8.82. The van der Waals surface area contributed by atoms with E-state index in [1.54, 1.807) is 31.2 Å². The maximum Gasteiger partial charge on any atom is 0.365 e. The summed E-state index contributed by atoms with van der Waals surface area (Å²) >= 11 is 0.848. The van der Waals surface area contributed by atoms with Crippen LogP contribution in [0.25, 0.3) is 10.9 Å². The number of carboxylic acids is 1. The lowest BCUT2D eigenvalue weighted by Gasteiger charge is -2.20. The first kappa shape index (κ1) is 16.3. The molecule has 2 aromatic heterocycles. The summed E-state index contributed by atoms with van der Waals surface area (Å²) in [6.45, 7) is 1.55. The molecule has 0 aliphatic carbocycles. The third-order valence-corrected chi connectivity index (χ3v) is 5.08. The molecule has 0 saturated carbocycles. The number of carbonyl (C=O) groups is 1. The zero-order chi connectivity index (χ0) is 17.5. The molecule has 0 aliphatic heterocycles. The minimum atomic E-state index is -4.80. The highest BCUT2D eigenvalue weighted by Crippen LogP contribution is 2.38. The molecule has 0 bridgehead atoms. The van der Waals surface area contributed by atoms with E-state index in [9.17, 15) is 22.9 Å². The second-order valence-electron chi connectivity index (χ2n) is 4.79. The van der Waals surface area contributed by atoms with Crippen LogP contribution < -0.4 is 4.31 Å². The number of nitrogens with zero attached hydrogens (tertiary/aromatic N) is 3. The third-order valence-electron chi connectivity index (χ3n) is 3.16. The molecule has 2 N–H and O–H groups in total. The van der Waals surface area contributed by atoms with E-state index in [1.165, 1.54) is 12.3 Å². The lowest BCUT2D eigenvalue weighted by Crippen LogP contribution is -2.26. The smallest absolute Gasteiger partial charge is 0.365 e. The van der Waals surface area contributed by atoms with Gasteiger partial charge in [-0.15, -0.1) is 0 Å². The zero-order valence-corrected chi connectivity index (χ0v) is 13.9. The van der Waals surface area contributed by atoms with Gasteiger partial charge in [0.05, 0.1) is 16.2 Å². The van der Waals surface area contributed by atoms with Crippen molar-refractivity contribution >= 4 is 49.2 Å². The summed E-state index contributed by atoms with van der Waals surface area (Å²) in [5.41, 5.74) is -0.107. The number of aromatic nitrogens is 2. The van der Waals surface area contributed by atoms with Crippen molar-refractivity contribution in [3.63, 3.8) is 0 Å². The molecule has 0 spiro atoms. The van der Waals surface area contributed by atoms with Crippen molar-refractivity contribution in [2.75, 3.05) is 4.31 Å². The van der Waals surface area contributed by atoms with Gasteiger partial charge in [-0.3, -0.25) is 9.54 Å². The number of hydrogen-bond donors (Lipinski definition) is 2. The van der Waals surface area contributed by atoms with Crippen LogP contribution in [0.3, 0.4) is 0 Å². The van der Waals surface area contributed by atoms with Gasteiger partial charge < -0.3 is 5.11 Å². The van der Waals surface area contributed by atoms with Crippen LogP contribution in [0.4, 0.5) is 10.7 Å². The van der Waals surface area contributed by atoms with E-state index >= 15 is 0 Å². The van der Waals surface area contributed by atoms with E-state index in [4.69, 9.17) is 0 Å². The maximum atomic E-state index is 12.0. The van der Waals surface area contributed by atoms with E-state index in [1.807, 2.05) is 0 Å². The van der Waals surface area contributed by atoms with Crippen molar-refractivity contribution < 1.29 is 22.9 Å². The molecule has 0 aliphatic rings. The Bertz CT molecular complexity index is 1040. The number of benzene rings is 1. The van der Waals surface area contributed by atoms with Crippen LogP contribution in [0.1, 0.15) is 15.5 Å². The summed E-state index contributed by atoms with van der Waals surface area (Å²) in [6.07, 6.45) is 1.48. The summed E-state index contributed by atoms with van der Waals surface area (Å²) in [5.74, 6) is -1.39. The van der Waals surface area contributed by atoms with Gasteiger partial charge in [-0.25, -0.2) is 14.1 Å². The van der Waals surface area contributed by atoms with Crippen LogP contribution in [0.15, 0.2) is 36.5 Å². The van der Waals surface area contributed by atoms with Crippen molar-refractivity contribution in [1.82, 2.24) is 9.97 Å². The lowest BCUT2D eigenvalue weighted by atomic mass is 10.2. The molecule has 0 amide bonds. The molecule has 0 radical (unpaired) electrons. The molecular weight excluding hydrogens is 354 g/mol. The fourth-order valence-electron chi connectivity index (χ4n) is 2.28. The van der Waals surface area contributed by atoms with Crippen LogP contribution in [0, 0.1) is 6.92 Å². The predicted octanol–water partition coefficient (Wildman–Crippen LogP) is 2.64. The molecule has 2 heterocycles. The van der Waals surface area contributed by atoms with Gasteiger partial charge in [0.15, 0.2) is 5.69 Å². The van der Waals surface area contributed by atoms with Crippen LogP contribution in [0.2, 0.25) is 0 Å². The number of thiazole rings is 1. The van der Waals surface area contributed by atoms with Crippen molar-refractivity contribution in [1.29, 1.82) is 0 Å². The molecule has 8 nitrogen and oxygen atoms in total. The van der Waals surface area contributed by atoms with E-state index in [0.717, 1.165) is 11.3 Å². The van der Waals surface area contributed by atoms with Gasteiger partial charge in [-0.1, -0.05) is 29.5 Å². The lowest BCUT2D eigenvalue weighted by molar-refractivity contribution is 0.0692. The highest BCUT2D eigenvalue weighted by Gasteiger charge is 2.31. The SMILES string of the molecule is Cc1nc(C(=O)O)c(N(c2cccc3cccnc23)S(=O)(=O)O)s1. The highest BCUT2D eigenvalue weighted by molar-refractivity contribution is 7.87. The Balaban J connectivity index is 2.35. The number of carboxylic acid groups (broad SMARTS) is 1. The van der Waals surface area contributed by atoms with Gasteiger partial charge in [0.25, 0.3) is 0 Å². The highest BCUT2D eigenvalue weighted by atomic mass is 32.2. The second-order valence-corrected chi connectivity index (χ2v) is 7.23. The largest absolute Gasteiger partial charge is 0.476 e. The molecule has 0 unspecified atom stereocenters. The minimum Gasteiger partial charge on any atom is -0.476 e. The van der Waals surface area contributed by atoms with Gasteiger partial charge in [-0.2, -0.15) is 8.42 Å². The number of aromatic carboxylic acids is 1. The van der Waals surface area contributed by atoms with Gasteiger partial charge in [-0.05, 0) is 19.1 Å². The number of anilines is 2. The monoisotopic (exact) mass is 365 g/mol. The third kappa shape index (κ3) is 2.82. The van der Waals surface area contributed by atoms with Gasteiger partial charge in [0.1, 0.15) is 5.00 Å². The first-order valence-electron chi connectivity index (χ1n) is 6.61. The Morgan fingerprint density at radius 1 is 1.25 bits per heavy atom. The van der Waals surface area contributed by atoms with Gasteiger partial charge in [0, 0.05) is 11.6 Å². The summed E-state index contributed by atoms with van der Waals surface area (Å²) in [5, 5.41) is 10.1. The summed E-state index contributed by atoms with van der Waals surface area (Å²) in [4.78, 5) is 19.4. The number of pyridine rings is 1. The molecule has 3 rings (SSSR count). The van der Waals surface area contributed by atoms with Crippen LogP contribution >= 0.6 is 11.3 Å². The summed E-state index contributed by atoms with van der Waals surface area (Å²) < 4.78 is 34.3. The summed E-state index contributed by atoms with van der Waals surface area (Å²) in [6, 6.07) is 8.16. The van der Waals surface area contributed by atoms with E-state index < -0.39 is 22.0 Å². The quantitative estimate of drug-likeness (QED) is 0.682. The predicted molar refractivity (Wildman–Crippen MR) is 89.2 cm³/mol. The molecule has 3 aromatic rings. The number of hydrogen-bond acceptors (Lipinski definition) is 6. The van der Waals surface area contributed by atoms with Crippen LogP contribution in [0.5, 0.6) is 0 Å². The molecular formula is C14H11N3O5S2. The van der Waals surface area contributed by atoms with Crippen LogP contribution in [-0.2, 0) is 10.3 Å². The van der Waals surface area contributed by atoms with Crippen molar-refractivity contribution in [3.05, 3.63) is 47.2 Å². The van der Waals surface area contributed by atoms with Crippen LogP contribution in [-0.4, -0.2) is 34.0 Å². The molecule has 124 valence electrons. The van der Waals surface area contributed by atoms with Gasteiger partial charge >= 0.3 is 16.3 Å². The Morgan fingerprint density at radius 3 is 2.62 bits per heavy atom. The normalized spacial score (nSPS) is 11.6.